The molecule has 0 aliphatic carbocycles. The molecule has 0 aromatic heterocycles. The van der Waals surface area contributed by atoms with Gasteiger partial charge in [0.05, 0.1) is 6.04 Å². The zero-order valence-electron chi connectivity index (χ0n) is 9.18. The molecule has 13 heavy (non-hydrogen) atoms. The van der Waals surface area contributed by atoms with E-state index >= 15 is 0 Å². The van der Waals surface area contributed by atoms with Crippen LogP contribution in [-0.4, -0.2) is 25.0 Å². The van der Waals surface area contributed by atoms with Gasteiger partial charge in [0.1, 0.15) is 0 Å². The molecule has 0 aliphatic heterocycles. The van der Waals surface area contributed by atoms with Crippen LogP contribution in [0.3, 0.4) is 0 Å². The fourth-order valence-electron chi connectivity index (χ4n) is 1.31. The van der Waals surface area contributed by atoms with Crippen molar-refractivity contribution in [3.05, 3.63) is 0 Å². The number of hydrogen-bond donors (Lipinski definition) is 2. The number of rotatable bonds is 6. The largest absolute Gasteiger partial charge is 0.358 e. The third-order valence-corrected chi connectivity index (χ3v) is 2.16. The molecule has 78 valence electrons. The van der Waals surface area contributed by atoms with Gasteiger partial charge in [-0.05, 0) is 20.3 Å². The van der Waals surface area contributed by atoms with Gasteiger partial charge in [0.2, 0.25) is 5.91 Å². The van der Waals surface area contributed by atoms with E-state index in [2.05, 4.69) is 24.5 Å². The van der Waals surface area contributed by atoms with E-state index in [9.17, 15) is 4.79 Å². The molecule has 2 atom stereocenters. The summed E-state index contributed by atoms with van der Waals surface area (Å²) in [6.07, 6.45) is 3.56. The van der Waals surface area contributed by atoms with Gasteiger partial charge in [-0.1, -0.05) is 19.8 Å². The zero-order chi connectivity index (χ0) is 10.3. The third-order valence-electron chi connectivity index (χ3n) is 2.16. The van der Waals surface area contributed by atoms with Crippen LogP contribution >= 0.6 is 0 Å². The Morgan fingerprint density at radius 1 is 1.38 bits per heavy atom. The Morgan fingerprint density at radius 3 is 2.46 bits per heavy atom. The molecular formula is C10H22N2O. The van der Waals surface area contributed by atoms with E-state index in [1.807, 2.05) is 6.92 Å². The highest BCUT2D eigenvalue weighted by molar-refractivity contribution is 5.80. The van der Waals surface area contributed by atoms with Crippen LogP contribution in [0.4, 0.5) is 0 Å². The predicted molar refractivity (Wildman–Crippen MR) is 55.7 cm³/mol. The predicted octanol–water partition coefficient (Wildman–Crippen LogP) is 1.29. The number of carbonyl (C=O) groups is 1. The minimum Gasteiger partial charge on any atom is -0.358 e. The summed E-state index contributed by atoms with van der Waals surface area (Å²) in [5, 5.41) is 5.88. The average Bonchev–Trinajstić information content (AvgIpc) is 2.13. The maximum absolute atomic E-state index is 11.1. The molecule has 3 nitrogen and oxygen atoms in total. The van der Waals surface area contributed by atoms with Gasteiger partial charge in [-0.15, -0.1) is 0 Å². The average molecular weight is 186 g/mol. The summed E-state index contributed by atoms with van der Waals surface area (Å²) < 4.78 is 0. The van der Waals surface area contributed by atoms with Crippen LogP contribution in [0, 0.1) is 0 Å². The van der Waals surface area contributed by atoms with Crippen LogP contribution < -0.4 is 10.6 Å². The minimum atomic E-state index is -0.0862. The lowest BCUT2D eigenvalue weighted by Gasteiger charge is -2.18. The molecule has 2 unspecified atom stereocenters. The summed E-state index contributed by atoms with van der Waals surface area (Å²) in [6.45, 7) is 6.19. The van der Waals surface area contributed by atoms with Crippen LogP contribution in [0.2, 0.25) is 0 Å². The van der Waals surface area contributed by atoms with E-state index in [1.165, 1.54) is 12.8 Å². The third kappa shape index (κ3) is 5.64. The topological polar surface area (TPSA) is 41.1 Å². The molecule has 0 radical (unpaired) electrons. The molecule has 0 saturated heterocycles. The van der Waals surface area contributed by atoms with Crippen LogP contribution in [0.25, 0.3) is 0 Å². The van der Waals surface area contributed by atoms with Crippen molar-refractivity contribution in [2.75, 3.05) is 7.05 Å². The zero-order valence-corrected chi connectivity index (χ0v) is 9.18. The summed E-state index contributed by atoms with van der Waals surface area (Å²) in [6, 6.07) is 0.337. The Labute approximate surface area is 81.3 Å². The summed E-state index contributed by atoms with van der Waals surface area (Å²) >= 11 is 0. The summed E-state index contributed by atoms with van der Waals surface area (Å²) in [5.41, 5.74) is 0. The van der Waals surface area contributed by atoms with Gasteiger partial charge in [0.15, 0.2) is 0 Å². The standard InChI is InChI=1S/C10H22N2O/c1-5-6-7-8(2)12-9(3)10(13)11-4/h8-9,12H,5-7H2,1-4H3,(H,11,13). The van der Waals surface area contributed by atoms with E-state index in [0.29, 0.717) is 6.04 Å². The maximum Gasteiger partial charge on any atom is 0.236 e. The van der Waals surface area contributed by atoms with Gasteiger partial charge in [-0.2, -0.15) is 0 Å². The molecule has 0 aliphatic rings. The van der Waals surface area contributed by atoms with Crippen molar-refractivity contribution in [2.24, 2.45) is 0 Å². The Balaban J connectivity index is 3.64. The van der Waals surface area contributed by atoms with Crippen molar-refractivity contribution >= 4 is 5.91 Å². The van der Waals surface area contributed by atoms with E-state index in [4.69, 9.17) is 0 Å². The summed E-state index contributed by atoms with van der Waals surface area (Å²) in [7, 11) is 1.66. The van der Waals surface area contributed by atoms with Crippen molar-refractivity contribution in [2.45, 2.75) is 52.1 Å². The highest BCUT2D eigenvalue weighted by Gasteiger charge is 2.12. The lowest BCUT2D eigenvalue weighted by Crippen LogP contribution is -2.44. The molecule has 0 saturated carbocycles. The van der Waals surface area contributed by atoms with E-state index in [0.717, 1.165) is 6.42 Å². The van der Waals surface area contributed by atoms with E-state index < -0.39 is 0 Å². The fourth-order valence-corrected chi connectivity index (χ4v) is 1.31. The van der Waals surface area contributed by atoms with Gasteiger partial charge in [-0.25, -0.2) is 0 Å². The van der Waals surface area contributed by atoms with Crippen molar-refractivity contribution in [1.82, 2.24) is 10.6 Å². The first-order valence-electron chi connectivity index (χ1n) is 5.09. The monoisotopic (exact) mass is 186 g/mol. The highest BCUT2D eigenvalue weighted by Crippen LogP contribution is 2.00. The van der Waals surface area contributed by atoms with Gasteiger partial charge >= 0.3 is 0 Å². The Bertz CT molecular complexity index is 148. The van der Waals surface area contributed by atoms with Gasteiger partial charge in [0.25, 0.3) is 0 Å². The Hall–Kier alpha value is -0.570. The second kappa shape index (κ2) is 6.89. The molecule has 0 spiro atoms. The first-order valence-corrected chi connectivity index (χ1v) is 5.09. The highest BCUT2D eigenvalue weighted by atomic mass is 16.2. The first-order chi connectivity index (χ1) is 6.11. The first kappa shape index (κ1) is 12.4. The molecule has 0 heterocycles. The van der Waals surface area contributed by atoms with Crippen molar-refractivity contribution < 1.29 is 4.79 Å². The number of likely N-dealkylation sites (N-methyl/N-ethyl adjacent to an activating group) is 1. The van der Waals surface area contributed by atoms with Crippen LogP contribution in [0.1, 0.15) is 40.0 Å². The van der Waals surface area contributed by atoms with Crippen LogP contribution in [0.5, 0.6) is 0 Å². The van der Waals surface area contributed by atoms with Crippen LogP contribution in [-0.2, 0) is 4.79 Å². The number of unbranched alkanes of at least 4 members (excludes halogenated alkanes) is 1. The lowest BCUT2D eigenvalue weighted by atomic mass is 10.1. The normalized spacial score (nSPS) is 15.1. The van der Waals surface area contributed by atoms with Crippen molar-refractivity contribution in [3.8, 4) is 0 Å². The summed E-state index contributed by atoms with van der Waals surface area (Å²) in [4.78, 5) is 11.1. The lowest BCUT2D eigenvalue weighted by molar-refractivity contribution is -0.122. The number of amides is 1. The fraction of sp³-hybridized carbons (Fsp3) is 0.900. The summed E-state index contributed by atoms with van der Waals surface area (Å²) in [5.74, 6) is 0.0587. The molecule has 0 aromatic carbocycles. The molecular weight excluding hydrogens is 164 g/mol. The quantitative estimate of drug-likeness (QED) is 0.656. The van der Waals surface area contributed by atoms with Crippen molar-refractivity contribution in [1.29, 1.82) is 0 Å². The minimum absolute atomic E-state index is 0.0587. The second-order valence-electron chi connectivity index (χ2n) is 3.55. The molecule has 3 heteroatoms. The number of nitrogens with one attached hydrogen (secondary N) is 2. The van der Waals surface area contributed by atoms with E-state index in [1.54, 1.807) is 7.05 Å². The molecule has 0 bridgehead atoms. The smallest absolute Gasteiger partial charge is 0.236 e. The Kier molecular flexibility index (Phi) is 6.59. The molecule has 0 rings (SSSR count). The van der Waals surface area contributed by atoms with Crippen molar-refractivity contribution in [3.63, 3.8) is 0 Å². The Morgan fingerprint density at radius 2 is 2.00 bits per heavy atom. The second-order valence-corrected chi connectivity index (χ2v) is 3.55. The number of carbonyl (C=O) groups excluding carboxylic acids is 1. The molecule has 0 aromatic rings. The molecule has 0 fully saturated rings. The maximum atomic E-state index is 11.1. The van der Waals surface area contributed by atoms with Gasteiger partial charge < -0.3 is 10.6 Å². The molecule has 1 amide bonds. The van der Waals surface area contributed by atoms with Gasteiger partial charge in [0, 0.05) is 13.1 Å². The van der Waals surface area contributed by atoms with Crippen LogP contribution in [0.15, 0.2) is 0 Å². The van der Waals surface area contributed by atoms with Gasteiger partial charge in [-0.3, -0.25) is 4.79 Å². The number of hydrogen-bond acceptors (Lipinski definition) is 2. The molecule has 2 N–H and O–H groups in total. The van der Waals surface area contributed by atoms with E-state index in [-0.39, 0.29) is 11.9 Å². The SMILES string of the molecule is CCCCC(C)NC(C)C(=O)NC.